The van der Waals surface area contributed by atoms with Gasteiger partial charge < -0.3 is 36.2 Å². The van der Waals surface area contributed by atoms with E-state index in [9.17, 15) is 15.3 Å². The van der Waals surface area contributed by atoms with Crippen LogP contribution >= 0.6 is 31.9 Å². The molecule has 0 saturated carbocycles. The van der Waals surface area contributed by atoms with E-state index in [1.165, 1.54) is 0 Å². The molecule has 1 heterocycles. The maximum absolute atomic E-state index is 9.95. The van der Waals surface area contributed by atoms with Crippen LogP contribution in [0.1, 0.15) is 0 Å². The molecule has 21 heavy (non-hydrogen) atoms. The lowest BCUT2D eigenvalue weighted by atomic mass is 9.98. The van der Waals surface area contributed by atoms with Crippen molar-refractivity contribution in [2.45, 2.75) is 30.6 Å². The topological polar surface area (TPSA) is 128 Å². The van der Waals surface area contributed by atoms with Crippen LogP contribution in [0.25, 0.3) is 0 Å². The highest BCUT2D eigenvalue weighted by atomic mass is 79.9. The number of nitrogens with one attached hydrogen (secondary N) is 1. The van der Waals surface area contributed by atoms with Crippen molar-refractivity contribution in [1.29, 1.82) is 0 Å². The molecule has 5 atom stereocenters. The van der Waals surface area contributed by atoms with Crippen molar-refractivity contribution in [1.82, 2.24) is 0 Å². The van der Waals surface area contributed by atoms with Crippen LogP contribution in [0.15, 0.2) is 21.1 Å². The quantitative estimate of drug-likeness (QED) is 0.375. The maximum Gasteiger partial charge on any atom is 0.157 e. The lowest BCUT2D eigenvalue weighted by molar-refractivity contribution is -0.221. The van der Waals surface area contributed by atoms with Crippen LogP contribution in [-0.2, 0) is 4.74 Å². The zero-order valence-corrected chi connectivity index (χ0v) is 14.0. The van der Waals surface area contributed by atoms with Crippen LogP contribution in [0.5, 0.6) is 0 Å². The van der Waals surface area contributed by atoms with Crippen LogP contribution in [0.4, 0.5) is 11.4 Å². The minimum absolute atomic E-state index is 0.474. The molecule has 1 aromatic rings. The number of aliphatic hydroxyl groups is 4. The van der Waals surface area contributed by atoms with Gasteiger partial charge in [-0.2, -0.15) is 0 Å². The zero-order chi connectivity index (χ0) is 15.7. The summed E-state index contributed by atoms with van der Waals surface area (Å²) in [6.45, 7) is -0.474. The van der Waals surface area contributed by atoms with E-state index >= 15 is 0 Å². The lowest BCUT2D eigenvalue weighted by Crippen LogP contribution is -2.60. The first-order valence-corrected chi connectivity index (χ1v) is 7.75. The molecule has 0 unspecified atom stereocenters. The van der Waals surface area contributed by atoms with E-state index < -0.39 is 37.3 Å². The smallest absolute Gasteiger partial charge is 0.157 e. The predicted molar refractivity (Wildman–Crippen MR) is 83.6 cm³/mol. The van der Waals surface area contributed by atoms with Gasteiger partial charge in [0, 0.05) is 14.6 Å². The summed E-state index contributed by atoms with van der Waals surface area (Å²) in [7, 11) is 0. The van der Waals surface area contributed by atoms with E-state index in [2.05, 4.69) is 37.2 Å². The number of ether oxygens (including phenoxy) is 1. The number of nitrogen functional groups attached to an aromatic ring is 1. The van der Waals surface area contributed by atoms with E-state index in [-0.39, 0.29) is 0 Å². The molecule has 1 aliphatic heterocycles. The largest absolute Gasteiger partial charge is 0.397 e. The van der Waals surface area contributed by atoms with Crippen LogP contribution in [0, 0.1) is 0 Å². The van der Waals surface area contributed by atoms with E-state index in [0.29, 0.717) is 20.3 Å². The van der Waals surface area contributed by atoms with Crippen LogP contribution in [0.2, 0.25) is 0 Å². The van der Waals surface area contributed by atoms with Crippen molar-refractivity contribution in [2.24, 2.45) is 0 Å². The summed E-state index contributed by atoms with van der Waals surface area (Å²) in [5.74, 6) is 0. The Morgan fingerprint density at radius 3 is 2.19 bits per heavy atom. The molecule has 1 aromatic carbocycles. The van der Waals surface area contributed by atoms with Gasteiger partial charge in [0.05, 0.1) is 12.3 Å². The highest BCUT2D eigenvalue weighted by molar-refractivity contribution is 9.11. The Kier molecular flexibility index (Phi) is 5.47. The molecule has 0 aliphatic carbocycles. The van der Waals surface area contributed by atoms with E-state index in [4.69, 9.17) is 15.6 Å². The van der Waals surface area contributed by atoms with E-state index in [0.717, 1.165) is 0 Å². The SMILES string of the molecule is Nc1c(Br)cc(N[C@@H]2O[C@H](CO)[C@H](O)[C@@H](O)[C@@H]2O)cc1Br. The van der Waals surface area contributed by atoms with Gasteiger partial charge in [0.2, 0.25) is 0 Å². The molecule has 0 spiro atoms. The number of aliphatic hydroxyl groups excluding tert-OH is 4. The van der Waals surface area contributed by atoms with Crippen molar-refractivity contribution < 1.29 is 25.2 Å². The second-order valence-electron chi connectivity index (χ2n) is 4.75. The van der Waals surface area contributed by atoms with Crippen LogP contribution < -0.4 is 11.1 Å². The fraction of sp³-hybridized carbons (Fsp3) is 0.500. The average Bonchev–Trinajstić information content (AvgIpc) is 2.45. The van der Waals surface area contributed by atoms with Crippen molar-refractivity contribution >= 4 is 43.2 Å². The third-order valence-corrected chi connectivity index (χ3v) is 4.59. The number of hydrogen-bond acceptors (Lipinski definition) is 7. The minimum atomic E-state index is -1.42. The first kappa shape index (κ1) is 16.9. The molecule has 2 rings (SSSR count). The van der Waals surface area contributed by atoms with Gasteiger partial charge >= 0.3 is 0 Å². The number of anilines is 2. The Morgan fingerprint density at radius 2 is 1.67 bits per heavy atom. The van der Waals surface area contributed by atoms with Gasteiger partial charge in [-0.15, -0.1) is 0 Å². The van der Waals surface area contributed by atoms with Crippen molar-refractivity contribution in [3.8, 4) is 0 Å². The Labute approximate surface area is 138 Å². The van der Waals surface area contributed by atoms with Crippen molar-refractivity contribution in [2.75, 3.05) is 17.7 Å². The number of halogens is 2. The van der Waals surface area contributed by atoms with Gasteiger partial charge in [-0.25, -0.2) is 0 Å². The van der Waals surface area contributed by atoms with Crippen LogP contribution in [-0.4, -0.2) is 57.7 Å². The lowest BCUT2D eigenvalue weighted by Gasteiger charge is -2.40. The number of benzene rings is 1. The molecule has 1 saturated heterocycles. The summed E-state index contributed by atoms with van der Waals surface area (Å²) in [4.78, 5) is 0. The van der Waals surface area contributed by atoms with Gasteiger partial charge in [-0.3, -0.25) is 0 Å². The Bertz CT molecular complexity index is 493. The van der Waals surface area contributed by atoms with E-state index in [1.54, 1.807) is 12.1 Å². The average molecular weight is 428 g/mol. The fourth-order valence-electron chi connectivity index (χ4n) is 2.05. The van der Waals surface area contributed by atoms with Crippen LogP contribution in [0.3, 0.4) is 0 Å². The maximum atomic E-state index is 9.95. The van der Waals surface area contributed by atoms with Crippen molar-refractivity contribution in [3.05, 3.63) is 21.1 Å². The molecule has 118 valence electrons. The van der Waals surface area contributed by atoms with E-state index in [1.807, 2.05) is 0 Å². The summed E-state index contributed by atoms with van der Waals surface area (Å²) in [5.41, 5.74) is 6.89. The number of nitrogens with two attached hydrogens (primary N) is 1. The summed E-state index contributed by atoms with van der Waals surface area (Å²) >= 11 is 6.59. The summed E-state index contributed by atoms with van der Waals surface area (Å²) in [6.07, 6.45) is -6.09. The van der Waals surface area contributed by atoms with Gasteiger partial charge in [-0.1, -0.05) is 0 Å². The van der Waals surface area contributed by atoms with Gasteiger partial charge in [0.1, 0.15) is 24.4 Å². The molecule has 7 nitrogen and oxygen atoms in total. The molecule has 9 heteroatoms. The molecule has 1 fully saturated rings. The number of rotatable bonds is 3. The molecule has 0 amide bonds. The molecule has 0 aromatic heterocycles. The fourth-order valence-corrected chi connectivity index (χ4v) is 3.24. The second kappa shape index (κ2) is 6.78. The third-order valence-electron chi connectivity index (χ3n) is 3.28. The zero-order valence-electron chi connectivity index (χ0n) is 10.8. The van der Waals surface area contributed by atoms with Gasteiger partial charge in [0.15, 0.2) is 6.23 Å². The molecular formula is C12H16Br2N2O5. The predicted octanol–water partition coefficient (Wildman–Crippen LogP) is 0.00560. The molecule has 0 radical (unpaired) electrons. The first-order valence-electron chi connectivity index (χ1n) is 6.16. The molecule has 0 bridgehead atoms. The van der Waals surface area contributed by atoms with Crippen molar-refractivity contribution in [3.63, 3.8) is 0 Å². The highest BCUT2D eigenvalue weighted by Gasteiger charge is 2.43. The summed E-state index contributed by atoms with van der Waals surface area (Å²) in [5, 5.41) is 41.4. The monoisotopic (exact) mass is 426 g/mol. The Hall–Kier alpha value is -0.420. The standard InChI is InChI=1S/C12H16Br2N2O5/c13-5-1-4(2-6(14)8(5)15)16-12-11(20)10(19)9(18)7(3-17)21-12/h1-2,7,9-12,16-20H,3,15H2/t7-,9+,10-,11+,12-/m1/s1. The summed E-state index contributed by atoms with van der Waals surface area (Å²) < 4.78 is 6.65. The molecular weight excluding hydrogens is 412 g/mol. The van der Waals surface area contributed by atoms with Gasteiger partial charge in [0.25, 0.3) is 0 Å². The number of hydrogen-bond donors (Lipinski definition) is 6. The normalized spacial score (nSPS) is 33.0. The Balaban J connectivity index is 2.18. The highest BCUT2D eigenvalue weighted by Crippen LogP contribution is 2.33. The second-order valence-corrected chi connectivity index (χ2v) is 6.46. The minimum Gasteiger partial charge on any atom is -0.397 e. The summed E-state index contributed by atoms with van der Waals surface area (Å²) in [6, 6.07) is 3.36. The third kappa shape index (κ3) is 3.50. The molecule has 7 N–H and O–H groups in total. The first-order chi connectivity index (χ1) is 9.85. The van der Waals surface area contributed by atoms with Gasteiger partial charge in [-0.05, 0) is 44.0 Å². The molecule has 1 aliphatic rings. The Morgan fingerprint density at radius 1 is 1.10 bits per heavy atom.